The van der Waals surface area contributed by atoms with Gasteiger partial charge >= 0.3 is 5.97 Å². The average molecular weight is 608 g/mol. The van der Waals surface area contributed by atoms with Gasteiger partial charge in [-0.15, -0.1) is 0 Å². The van der Waals surface area contributed by atoms with E-state index in [0.29, 0.717) is 18.5 Å². The standard InChI is InChI=1S/C37H57N3O4/c41-34(42)19-13-11-9-7-5-3-1-2-4-6-8-10-12-18-29-20-21-30-31(26-29)33-28-37(23-15-17-25-44-37)39-35-38-36(22-14-16-24-43-36)27-32(30)40(33)35/h20-21,26,32-33H,1-19,22-25,27-28H2,(H,38,39)(H,41,42)/t32-,33+,36+,37-/m1/s1. The Balaban J connectivity index is 0.956. The normalized spacial score (nSPS) is 28.9. The predicted octanol–water partition coefficient (Wildman–Crippen LogP) is 8.72. The summed E-state index contributed by atoms with van der Waals surface area (Å²) in [6.45, 7) is 1.65. The van der Waals surface area contributed by atoms with Crippen LogP contribution in [0.5, 0.6) is 0 Å². The largest absolute Gasteiger partial charge is 0.481 e. The van der Waals surface area contributed by atoms with Crippen LogP contribution in [0.15, 0.2) is 23.2 Å². The number of fused-ring (bicyclic) bond motifs is 3. The molecule has 5 aliphatic heterocycles. The number of unbranched alkanes of at least 4 members (excludes halogenated alkanes) is 12. The highest BCUT2D eigenvalue weighted by Crippen LogP contribution is 2.55. The first-order valence-electron chi connectivity index (χ1n) is 18.4. The summed E-state index contributed by atoms with van der Waals surface area (Å²) in [6, 6.07) is 8.07. The maximum absolute atomic E-state index is 10.6. The molecule has 2 spiro atoms. The van der Waals surface area contributed by atoms with E-state index in [1.807, 2.05) is 0 Å². The van der Waals surface area contributed by atoms with E-state index < -0.39 is 5.97 Å². The van der Waals surface area contributed by atoms with Crippen LogP contribution in [0, 0.1) is 0 Å². The van der Waals surface area contributed by atoms with Gasteiger partial charge in [-0.25, -0.2) is 4.99 Å². The van der Waals surface area contributed by atoms with Crippen LogP contribution in [-0.4, -0.2) is 46.6 Å². The number of nitrogens with one attached hydrogen (secondary N) is 1. The lowest BCUT2D eigenvalue weighted by Crippen LogP contribution is -2.65. The second kappa shape index (κ2) is 15.0. The molecule has 0 amide bonds. The van der Waals surface area contributed by atoms with E-state index in [-0.39, 0.29) is 11.4 Å². The Morgan fingerprint density at radius 2 is 1.43 bits per heavy atom. The number of carbonyl (C=O) groups is 1. The number of aliphatic carboxylic acids is 1. The van der Waals surface area contributed by atoms with E-state index in [4.69, 9.17) is 19.6 Å². The molecule has 244 valence electrons. The minimum Gasteiger partial charge on any atom is -0.481 e. The second-order valence-electron chi connectivity index (χ2n) is 14.4. The Kier molecular flexibility index (Phi) is 10.8. The molecule has 0 radical (unpaired) electrons. The van der Waals surface area contributed by atoms with Crippen molar-refractivity contribution in [3.05, 3.63) is 34.9 Å². The zero-order chi connectivity index (χ0) is 30.2. The smallest absolute Gasteiger partial charge is 0.303 e. The number of rotatable bonds is 16. The third-order valence-corrected chi connectivity index (χ3v) is 11.0. The predicted molar refractivity (Wildman–Crippen MR) is 175 cm³/mol. The van der Waals surface area contributed by atoms with E-state index >= 15 is 0 Å². The lowest BCUT2D eigenvalue weighted by atomic mass is 9.89. The highest BCUT2D eigenvalue weighted by Gasteiger charge is 2.56. The molecule has 0 bridgehead atoms. The SMILES string of the molecule is O=C(O)CCCCCCCCCCCCCCCc1ccc2c(c1)[C@@H]1C[C@]3(CCCCO3)N=C3N[C@]4(CCCCO4)C[C@H]2N31. The lowest BCUT2D eigenvalue weighted by Gasteiger charge is -2.53. The number of nitrogens with zero attached hydrogens (tertiary/aromatic N) is 2. The molecule has 2 N–H and O–H groups in total. The zero-order valence-electron chi connectivity index (χ0n) is 27.1. The second-order valence-corrected chi connectivity index (χ2v) is 14.4. The van der Waals surface area contributed by atoms with Gasteiger partial charge in [-0.05, 0) is 74.5 Å². The Hall–Kier alpha value is -2.12. The van der Waals surface area contributed by atoms with Crippen LogP contribution in [0.25, 0.3) is 0 Å². The highest BCUT2D eigenvalue weighted by molar-refractivity contribution is 5.85. The summed E-state index contributed by atoms with van der Waals surface area (Å²) >= 11 is 0. The van der Waals surface area contributed by atoms with Gasteiger partial charge in [-0.3, -0.25) is 4.79 Å². The molecular weight excluding hydrogens is 550 g/mol. The van der Waals surface area contributed by atoms with Gasteiger partial charge in [0.05, 0.1) is 12.1 Å². The van der Waals surface area contributed by atoms with Crippen molar-refractivity contribution in [2.24, 2.45) is 4.99 Å². The molecule has 3 fully saturated rings. The zero-order valence-corrected chi connectivity index (χ0v) is 27.1. The number of carboxylic acid groups (broad SMARTS) is 1. The van der Waals surface area contributed by atoms with E-state index in [1.54, 1.807) is 0 Å². The van der Waals surface area contributed by atoms with Crippen molar-refractivity contribution in [2.45, 2.75) is 171 Å². The molecule has 1 aromatic rings. The van der Waals surface area contributed by atoms with E-state index in [0.717, 1.165) is 70.5 Å². The van der Waals surface area contributed by atoms with Crippen LogP contribution >= 0.6 is 0 Å². The van der Waals surface area contributed by atoms with Crippen LogP contribution < -0.4 is 5.32 Å². The number of ether oxygens (including phenoxy) is 2. The summed E-state index contributed by atoms with van der Waals surface area (Å²) in [5.41, 5.74) is 3.82. The summed E-state index contributed by atoms with van der Waals surface area (Å²) in [7, 11) is 0. The lowest BCUT2D eigenvalue weighted by molar-refractivity contribution is -0.137. The van der Waals surface area contributed by atoms with Gasteiger partial charge in [-0.1, -0.05) is 88.8 Å². The fraction of sp³-hybridized carbons (Fsp3) is 0.784. The summed E-state index contributed by atoms with van der Waals surface area (Å²) in [5, 5.41) is 12.5. The van der Waals surface area contributed by atoms with E-state index in [1.165, 1.54) is 107 Å². The quantitative estimate of drug-likeness (QED) is 0.183. The highest BCUT2D eigenvalue weighted by atomic mass is 16.5. The van der Waals surface area contributed by atoms with Crippen LogP contribution in [-0.2, 0) is 20.7 Å². The molecular formula is C37H57N3O4. The number of hydrogen-bond acceptors (Lipinski definition) is 6. The summed E-state index contributed by atoms with van der Waals surface area (Å²) in [5.74, 6) is 0.359. The van der Waals surface area contributed by atoms with Gasteiger partial charge in [0.15, 0.2) is 11.7 Å². The molecule has 0 aromatic heterocycles. The molecule has 5 aliphatic rings. The first-order chi connectivity index (χ1) is 21.6. The summed E-state index contributed by atoms with van der Waals surface area (Å²) in [4.78, 5) is 18.5. The number of benzene rings is 1. The summed E-state index contributed by atoms with van der Waals surface area (Å²) in [6.07, 6.45) is 26.6. The summed E-state index contributed by atoms with van der Waals surface area (Å²) < 4.78 is 13.0. The number of aliphatic imine (C=N–C) groups is 1. The van der Waals surface area contributed by atoms with Gasteiger partial charge in [-0.2, -0.15) is 0 Å². The molecule has 0 saturated carbocycles. The molecule has 0 unspecified atom stereocenters. The number of guanidine groups is 1. The number of aryl methyl sites for hydroxylation is 1. The molecule has 5 heterocycles. The van der Waals surface area contributed by atoms with E-state index in [9.17, 15) is 4.79 Å². The van der Waals surface area contributed by atoms with Gasteiger partial charge < -0.3 is 24.8 Å². The van der Waals surface area contributed by atoms with Crippen LogP contribution in [0.1, 0.15) is 170 Å². The van der Waals surface area contributed by atoms with Gasteiger partial charge in [0.2, 0.25) is 0 Å². The van der Waals surface area contributed by atoms with Gasteiger partial charge in [0.1, 0.15) is 5.72 Å². The average Bonchev–Trinajstić information content (AvgIpc) is 3.32. The maximum atomic E-state index is 10.6. The van der Waals surface area contributed by atoms with Crippen LogP contribution in [0.2, 0.25) is 0 Å². The van der Waals surface area contributed by atoms with Crippen molar-refractivity contribution >= 4 is 11.9 Å². The Morgan fingerprint density at radius 3 is 2.07 bits per heavy atom. The molecule has 7 heteroatoms. The molecule has 0 aliphatic carbocycles. The van der Waals surface area contributed by atoms with Crippen molar-refractivity contribution in [1.29, 1.82) is 0 Å². The number of hydrogen-bond donors (Lipinski definition) is 2. The molecule has 1 aromatic carbocycles. The van der Waals surface area contributed by atoms with Gasteiger partial charge in [0, 0.05) is 32.5 Å². The first kappa shape index (κ1) is 31.8. The molecule has 6 rings (SSSR count). The third kappa shape index (κ3) is 7.63. The first-order valence-corrected chi connectivity index (χ1v) is 18.4. The maximum Gasteiger partial charge on any atom is 0.303 e. The molecule has 7 nitrogen and oxygen atoms in total. The van der Waals surface area contributed by atoms with Crippen molar-refractivity contribution in [1.82, 2.24) is 10.2 Å². The fourth-order valence-electron chi connectivity index (χ4n) is 8.61. The number of carboxylic acids is 1. The molecule has 4 atom stereocenters. The molecule has 3 saturated heterocycles. The van der Waals surface area contributed by atoms with Crippen LogP contribution in [0.3, 0.4) is 0 Å². The Bertz CT molecular complexity index is 1120. The van der Waals surface area contributed by atoms with Crippen molar-refractivity contribution in [2.75, 3.05) is 13.2 Å². The monoisotopic (exact) mass is 607 g/mol. The topological polar surface area (TPSA) is 83.4 Å². The molecule has 44 heavy (non-hydrogen) atoms. The van der Waals surface area contributed by atoms with E-state index in [2.05, 4.69) is 28.4 Å². The Labute approximate surface area is 265 Å². The minimum absolute atomic E-state index is 0.291. The Morgan fingerprint density at radius 1 is 0.795 bits per heavy atom. The van der Waals surface area contributed by atoms with Crippen LogP contribution in [0.4, 0.5) is 0 Å². The van der Waals surface area contributed by atoms with Gasteiger partial charge in [0.25, 0.3) is 0 Å². The van der Waals surface area contributed by atoms with Crippen molar-refractivity contribution in [3.63, 3.8) is 0 Å². The fourth-order valence-corrected chi connectivity index (χ4v) is 8.61. The minimum atomic E-state index is -0.661. The van der Waals surface area contributed by atoms with Crippen molar-refractivity contribution < 1.29 is 19.4 Å². The van der Waals surface area contributed by atoms with Crippen molar-refractivity contribution in [3.8, 4) is 0 Å². The third-order valence-electron chi connectivity index (χ3n) is 11.0.